The highest BCUT2D eigenvalue weighted by atomic mass is 32.2. The monoisotopic (exact) mass is 475 g/mol. The van der Waals surface area contributed by atoms with E-state index in [-0.39, 0.29) is 5.75 Å². The van der Waals surface area contributed by atoms with Crippen LogP contribution in [-0.4, -0.2) is 25.1 Å². The Kier molecular flexibility index (Phi) is 7.17. The minimum atomic E-state index is -4.09. The molecule has 32 heavy (non-hydrogen) atoms. The summed E-state index contributed by atoms with van der Waals surface area (Å²) >= 11 is 1.48. The van der Waals surface area contributed by atoms with Crippen LogP contribution in [0.25, 0.3) is 10.4 Å². The molecule has 3 N–H and O–H groups in total. The highest BCUT2D eigenvalue weighted by Gasteiger charge is 2.23. The number of hydrogen-bond donors (Lipinski definition) is 2. The fourth-order valence-electron chi connectivity index (χ4n) is 2.89. The fourth-order valence-corrected chi connectivity index (χ4v) is 4.24. The summed E-state index contributed by atoms with van der Waals surface area (Å²) in [5.74, 6) is 0.105. The van der Waals surface area contributed by atoms with Gasteiger partial charge in [0.15, 0.2) is 0 Å². The van der Waals surface area contributed by atoms with Crippen LogP contribution < -0.4 is 14.6 Å². The van der Waals surface area contributed by atoms with E-state index in [1.165, 1.54) is 23.5 Å². The predicted octanol–water partition coefficient (Wildman–Crippen LogP) is 4.20. The Morgan fingerprint density at radius 2 is 1.78 bits per heavy atom. The maximum absolute atomic E-state index is 12.5. The number of alkyl carbamates (subject to hydrolysis) is 1. The molecule has 3 rings (SSSR count). The maximum Gasteiger partial charge on any atom is 0.408 e. The lowest BCUT2D eigenvalue weighted by Gasteiger charge is -2.23. The standard InChI is InChI=1S/C22H25N3O5S2/c1-22(2,3)29-21(26)25-18(13-15-9-11-17(12-10-15)30-32(23,27)28)20-24-14-19(31-20)16-7-5-4-6-8-16/h4-12,14,18H,13H2,1-3H3,(H,25,26)(H2,23,27,28)/t18-/m0/s1. The Balaban J connectivity index is 1.83. The van der Waals surface area contributed by atoms with Crippen molar-refractivity contribution in [3.63, 3.8) is 0 Å². The van der Waals surface area contributed by atoms with Crippen LogP contribution in [0.5, 0.6) is 5.75 Å². The van der Waals surface area contributed by atoms with Gasteiger partial charge in [0.05, 0.1) is 10.9 Å². The molecule has 8 nitrogen and oxygen atoms in total. The van der Waals surface area contributed by atoms with Crippen LogP contribution in [0, 0.1) is 0 Å². The molecule has 0 saturated heterocycles. The average Bonchev–Trinajstić information content (AvgIpc) is 3.17. The molecule has 0 fully saturated rings. The van der Waals surface area contributed by atoms with Gasteiger partial charge in [-0.3, -0.25) is 0 Å². The van der Waals surface area contributed by atoms with Crippen molar-refractivity contribution in [3.8, 4) is 16.2 Å². The minimum absolute atomic E-state index is 0.105. The van der Waals surface area contributed by atoms with Gasteiger partial charge in [-0.15, -0.1) is 11.3 Å². The van der Waals surface area contributed by atoms with Crippen LogP contribution >= 0.6 is 11.3 Å². The summed E-state index contributed by atoms with van der Waals surface area (Å²) in [4.78, 5) is 18.0. The molecule has 0 bridgehead atoms. The van der Waals surface area contributed by atoms with E-state index >= 15 is 0 Å². The summed E-state index contributed by atoms with van der Waals surface area (Å²) in [6.45, 7) is 5.38. The van der Waals surface area contributed by atoms with Gasteiger partial charge in [0, 0.05) is 6.20 Å². The van der Waals surface area contributed by atoms with Gasteiger partial charge >= 0.3 is 16.4 Å². The Morgan fingerprint density at radius 1 is 1.12 bits per heavy atom. The highest BCUT2D eigenvalue weighted by Crippen LogP contribution is 2.31. The van der Waals surface area contributed by atoms with Crippen molar-refractivity contribution in [1.29, 1.82) is 0 Å². The first kappa shape index (κ1) is 23.7. The Labute approximate surface area is 191 Å². The number of nitrogens with zero attached hydrogens (tertiary/aromatic N) is 1. The molecule has 0 aliphatic carbocycles. The zero-order chi connectivity index (χ0) is 23.4. The second-order valence-electron chi connectivity index (χ2n) is 8.05. The van der Waals surface area contributed by atoms with E-state index in [9.17, 15) is 13.2 Å². The van der Waals surface area contributed by atoms with Crippen molar-refractivity contribution < 1.29 is 22.1 Å². The van der Waals surface area contributed by atoms with Crippen LogP contribution in [0.3, 0.4) is 0 Å². The van der Waals surface area contributed by atoms with Gasteiger partial charge in [0.1, 0.15) is 16.4 Å². The maximum atomic E-state index is 12.5. The van der Waals surface area contributed by atoms with Gasteiger partial charge < -0.3 is 14.2 Å². The number of thiazole rings is 1. The SMILES string of the molecule is CC(C)(C)OC(=O)N[C@@H](Cc1ccc(OS(N)(=O)=O)cc1)c1ncc(-c2ccccc2)s1. The Morgan fingerprint density at radius 3 is 2.38 bits per heavy atom. The van der Waals surface area contributed by atoms with Gasteiger partial charge in [-0.2, -0.15) is 13.6 Å². The molecule has 0 saturated carbocycles. The van der Waals surface area contributed by atoms with Crippen molar-refractivity contribution in [2.75, 3.05) is 0 Å². The third-order valence-electron chi connectivity index (χ3n) is 4.15. The topological polar surface area (TPSA) is 121 Å². The van der Waals surface area contributed by atoms with E-state index < -0.39 is 28.0 Å². The molecule has 0 aliphatic heterocycles. The van der Waals surface area contributed by atoms with E-state index in [2.05, 4.69) is 14.5 Å². The molecule has 1 aromatic heterocycles. The summed E-state index contributed by atoms with van der Waals surface area (Å²) in [5.41, 5.74) is 1.24. The molecular weight excluding hydrogens is 450 g/mol. The third kappa shape index (κ3) is 7.33. The van der Waals surface area contributed by atoms with Gasteiger partial charge in [0.25, 0.3) is 0 Å². The van der Waals surface area contributed by atoms with Crippen LogP contribution in [0.4, 0.5) is 4.79 Å². The van der Waals surface area contributed by atoms with Crippen molar-refractivity contribution in [1.82, 2.24) is 10.3 Å². The minimum Gasteiger partial charge on any atom is -0.444 e. The van der Waals surface area contributed by atoms with E-state index in [1.54, 1.807) is 39.1 Å². The number of nitrogens with one attached hydrogen (secondary N) is 1. The van der Waals surface area contributed by atoms with E-state index in [4.69, 9.17) is 9.88 Å². The molecule has 0 radical (unpaired) electrons. The van der Waals surface area contributed by atoms with E-state index in [0.29, 0.717) is 6.42 Å². The van der Waals surface area contributed by atoms with Crippen molar-refractivity contribution in [3.05, 3.63) is 71.4 Å². The predicted molar refractivity (Wildman–Crippen MR) is 124 cm³/mol. The summed E-state index contributed by atoms with van der Waals surface area (Å²) < 4.78 is 32.3. The average molecular weight is 476 g/mol. The number of carbonyl (C=O) groups excluding carboxylic acids is 1. The lowest BCUT2D eigenvalue weighted by atomic mass is 10.1. The van der Waals surface area contributed by atoms with Gasteiger partial charge in [-0.25, -0.2) is 9.78 Å². The molecule has 1 heterocycles. The summed E-state index contributed by atoms with van der Waals surface area (Å²) in [7, 11) is -4.09. The number of nitrogens with two attached hydrogens (primary N) is 1. The Hall–Kier alpha value is -2.95. The summed E-state index contributed by atoms with van der Waals surface area (Å²) in [6, 6.07) is 15.8. The number of ether oxygens (including phenoxy) is 1. The fraction of sp³-hybridized carbons (Fsp3) is 0.273. The lowest BCUT2D eigenvalue weighted by Crippen LogP contribution is -2.35. The number of carbonyl (C=O) groups is 1. The van der Waals surface area contributed by atoms with Crippen molar-refractivity contribution in [2.24, 2.45) is 5.14 Å². The first-order valence-corrected chi connectivity index (χ1v) is 12.1. The molecule has 0 spiro atoms. The summed E-state index contributed by atoms with van der Waals surface area (Å²) in [5, 5.41) is 8.52. The first-order valence-electron chi connectivity index (χ1n) is 9.80. The number of hydrogen-bond acceptors (Lipinski definition) is 7. The van der Waals surface area contributed by atoms with Crippen LogP contribution in [0.15, 0.2) is 60.8 Å². The molecular formula is C22H25N3O5S2. The Bertz CT molecular complexity index is 1150. The number of aromatic nitrogens is 1. The highest BCUT2D eigenvalue weighted by molar-refractivity contribution is 7.84. The third-order valence-corrected chi connectivity index (χ3v) is 5.73. The zero-order valence-electron chi connectivity index (χ0n) is 17.9. The van der Waals surface area contributed by atoms with Gasteiger partial charge in [0.2, 0.25) is 0 Å². The molecule has 0 unspecified atom stereocenters. The van der Waals surface area contributed by atoms with Crippen LogP contribution in [-0.2, 0) is 21.5 Å². The molecule has 2 aromatic carbocycles. The number of benzene rings is 2. The normalized spacial score (nSPS) is 12.8. The number of rotatable bonds is 7. The molecule has 3 aromatic rings. The molecule has 10 heteroatoms. The number of amides is 1. The lowest BCUT2D eigenvalue weighted by molar-refractivity contribution is 0.0503. The van der Waals surface area contributed by atoms with Gasteiger partial charge in [-0.1, -0.05) is 42.5 Å². The second-order valence-corrected chi connectivity index (χ2v) is 10.3. The van der Waals surface area contributed by atoms with Crippen molar-refractivity contribution >= 4 is 27.7 Å². The summed E-state index contributed by atoms with van der Waals surface area (Å²) in [6.07, 6.45) is 1.65. The van der Waals surface area contributed by atoms with Crippen LogP contribution in [0.1, 0.15) is 37.4 Å². The van der Waals surface area contributed by atoms with Crippen LogP contribution in [0.2, 0.25) is 0 Å². The smallest absolute Gasteiger partial charge is 0.408 e. The van der Waals surface area contributed by atoms with Gasteiger partial charge in [-0.05, 0) is 50.5 Å². The van der Waals surface area contributed by atoms with E-state index in [0.717, 1.165) is 21.0 Å². The quantitative estimate of drug-likeness (QED) is 0.528. The van der Waals surface area contributed by atoms with Crippen molar-refractivity contribution in [2.45, 2.75) is 38.8 Å². The molecule has 170 valence electrons. The first-order chi connectivity index (χ1) is 15.0. The second kappa shape index (κ2) is 9.68. The molecule has 1 amide bonds. The zero-order valence-corrected chi connectivity index (χ0v) is 19.6. The largest absolute Gasteiger partial charge is 0.444 e. The molecule has 1 atom stereocenters. The van der Waals surface area contributed by atoms with E-state index in [1.807, 2.05) is 30.3 Å². The molecule has 0 aliphatic rings.